The minimum absolute atomic E-state index is 0.212. The summed E-state index contributed by atoms with van der Waals surface area (Å²) in [5.74, 6) is -0.543. The Hall–Kier alpha value is -0.530. The van der Waals surface area contributed by atoms with Crippen LogP contribution < -0.4 is 0 Å². The fourth-order valence-electron chi connectivity index (χ4n) is 1.96. The molecule has 0 spiro atoms. The molecule has 0 heterocycles. The number of rotatable bonds is 7. The summed E-state index contributed by atoms with van der Waals surface area (Å²) in [6, 6.07) is 0. The predicted molar refractivity (Wildman–Crippen MR) is 63.9 cm³/mol. The first-order valence-electron chi connectivity index (χ1n) is 6.06. The number of carbonyl (C=O) groups is 1. The van der Waals surface area contributed by atoms with Gasteiger partial charge in [0.25, 0.3) is 0 Å². The van der Waals surface area contributed by atoms with Gasteiger partial charge in [0.15, 0.2) is 0 Å². The number of carboxylic acid groups (broad SMARTS) is 1. The van der Waals surface area contributed by atoms with Crippen molar-refractivity contribution >= 4 is 5.97 Å². The van der Waals surface area contributed by atoms with Gasteiger partial charge in [-0.25, -0.2) is 0 Å². The average Bonchev–Trinajstić information content (AvgIpc) is 2.15. The van der Waals surface area contributed by atoms with Gasteiger partial charge in [0.1, 0.15) is 0 Å². The molecule has 0 aromatic heterocycles. The first-order chi connectivity index (χ1) is 6.84. The standard InChI is InChI=1S/C13H26O2/c1-6-8-11(10(3)12(14)15)9-13(4,5)7-2/h10-11H,6-9H2,1-5H3,(H,14,15). The number of hydrogen-bond acceptors (Lipinski definition) is 1. The maximum Gasteiger partial charge on any atom is 0.306 e. The zero-order valence-electron chi connectivity index (χ0n) is 10.8. The second kappa shape index (κ2) is 6.14. The van der Waals surface area contributed by atoms with Gasteiger partial charge in [-0.3, -0.25) is 4.79 Å². The van der Waals surface area contributed by atoms with Crippen LogP contribution in [-0.4, -0.2) is 11.1 Å². The predicted octanol–water partition coefficient (Wildman–Crippen LogP) is 3.95. The molecule has 2 nitrogen and oxygen atoms in total. The Kier molecular flexibility index (Phi) is 5.92. The second-order valence-corrected chi connectivity index (χ2v) is 5.40. The molecule has 0 aliphatic heterocycles. The Labute approximate surface area is 94.1 Å². The van der Waals surface area contributed by atoms with E-state index in [0.29, 0.717) is 5.92 Å². The summed E-state index contributed by atoms with van der Waals surface area (Å²) in [7, 11) is 0. The highest BCUT2D eigenvalue weighted by Gasteiger charge is 2.28. The van der Waals surface area contributed by atoms with Gasteiger partial charge in [0.2, 0.25) is 0 Å². The highest BCUT2D eigenvalue weighted by molar-refractivity contribution is 5.69. The van der Waals surface area contributed by atoms with E-state index in [1.807, 2.05) is 6.92 Å². The molecule has 0 fully saturated rings. The molecule has 0 radical (unpaired) electrons. The summed E-state index contributed by atoms with van der Waals surface area (Å²) >= 11 is 0. The Morgan fingerprint density at radius 2 is 1.87 bits per heavy atom. The zero-order chi connectivity index (χ0) is 12.1. The van der Waals surface area contributed by atoms with Crippen molar-refractivity contribution in [1.29, 1.82) is 0 Å². The summed E-state index contributed by atoms with van der Waals surface area (Å²) in [5, 5.41) is 9.05. The van der Waals surface area contributed by atoms with Gasteiger partial charge in [0.05, 0.1) is 5.92 Å². The van der Waals surface area contributed by atoms with E-state index < -0.39 is 5.97 Å². The molecule has 2 atom stereocenters. The molecule has 90 valence electrons. The lowest BCUT2D eigenvalue weighted by atomic mass is 9.75. The first-order valence-corrected chi connectivity index (χ1v) is 6.06. The smallest absolute Gasteiger partial charge is 0.306 e. The third-order valence-electron chi connectivity index (χ3n) is 3.53. The van der Waals surface area contributed by atoms with Crippen molar-refractivity contribution in [2.75, 3.05) is 0 Å². The van der Waals surface area contributed by atoms with E-state index in [2.05, 4.69) is 27.7 Å². The van der Waals surface area contributed by atoms with Gasteiger partial charge >= 0.3 is 5.97 Å². The largest absolute Gasteiger partial charge is 0.481 e. The number of aliphatic carboxylic acids is 1. The molecule has 0 saturated heterocycles. The number of hydrogen-bond donors (Lipinski definition) is 1. The molecule has 15 heavy (non-hydrogen) atoms. The van der Waals surface area contributed by atoms with E-state index in [0.717, 1.165) is 25.7 Å². The third kappa shape index (κ3) is 5.19. The van der Waals surface area contributed by atoms with Gasteiger partial charge in [-0.2, -0.15) is 0 Å². The molecule has 0 aliphatic carbocycles. The SMILES string of the molecule is CCCC(CC(C)(C)CC)C(C)C(=O)O. The van der Waals surface area contributed by atoms with Gasteiger partial charge in [0, 0.05) is 0 Å². The van der Waals surface area contributed by atoms with E-state index in [1.54, 1.807) is 0 Å². The highest BCUT2D eigenvalue weighted by Crippen LogP contribution is 2.34. The summed E-state index contributed by atoms with van der Waals surface area (Å²) in [6.45, 7) is 10.6. The molecule has 0 aliphatic rings. The molecular formula is C13H26O2. The monoisotopic (exact) mass is 214 g/mol. The van der Waals surface area contributed by atoms with Crippen LogP contribution in [0.15, 0.2) is 0 Å². The van der Waals surface area contributed by atoms with Crippen LogP contribution in [0.5, 0.6) is 0 Å². The van der Waals surface area contributed by atoms with Crippen molar-refractivity contribution in [1.82, 2.24) is 0 Å². The summed E-state index contributed by atoms with van der Waals surface area (Å²) in [6.07, 6.45) is 4.23. The Morgan fingerprint density at radius 3 is 2.20 bits per heavy atom. The Balaban J connectivity index is 4.46. The van der Waals surface area contributed by atoms with E-state index in [-0.39, 0.29) is 11.3 Å². The third-order valence-corrected chi connectivity index (χ3v) is 3.53. The molecule has 0 rings (SSSR count). The summed E-state index contributed by atoms with van der Waals surface area (Å²) in [4.78, 5) is 11.0. The summed E-state index contributed by atoms with van der Waals surface area (Å²) < 4.78 is 0. The molecule has 0 aromatic rings. The lowest BCUT2D eigenvalue weighted by molar-refractivity contribution is -0.143. The van der Waals surface area contributed by atoms with Crippen molar-refractivity contribution in [2.24, 2.45) is 17.3 Å². The van der Waals surface area contributed by atoms with Crippen LogP contribution in [0.3, 0.4) is 0 Å². The Bertz CT molecular complexity index is 197. The molecule has 0 saturated carbocycles. The maximum absolute atomic E-state index is 11.0. The van der Waals surface area contributed by atoms with Gasteiger partial charge in [-0.1, -0.05) is 47.5 Å². The zero-order valence-corrected chi connectivity index (χ0v) is 10.8. The fraction of sp³-hybridized carbons (Fsp3) is 0.923. The van der Waals surface area contributed by atoms with Crippen molar-refractivity contribution in [3.8, 4) is 0 Å². The van der Waals surface area contributed by atoms with Crippen molar-refractivity contribution in [2.45, 2.75) is 60.3 Å². The van der Waals surface area contributed by atoms with Crippen molar-refractivity contribution in [3.05, 3.63) is 0 Å². The van der Waals surface area contributed by atoms with E-state index in [1.165, 1.54) is 0 Å². The highest BCUT2D eigenvalue weighted by atomic mass is 16.4. The minimum atomic E-state index is -0.652. The molecule has 2 heteroatoms. The van der Waals surface area contributed by atoms with Crippen LogP contribution in [0.4, 0.5) is 0 Å². The first kappa shape index (κ1) is 14.5. The van der Waals surface area contributed by atoms with Crippen LogP contribution in [0.1, 0.15) is 60.3 Å². The van der Waals surface area contributed by atoms with Gasteiger partial charge in [-0.15, -0.1) is 0 Å². The second-order valence-electron chi connectivity index (χ2n) is 5.40. The van der Waals surface area contributed by atoms with Gasteiger partial charge < -0.3 is 5.11 Å². The molecule has 0 aromatic carbocycles. The maximum atomic E-state index is 11.0. The normalized spacial score (nSPS) is 16.1. The quantitative estimate of drug-likeness (QED) is 0.696. The van der Waals surface area contributed by atoms with Crippen LogP contribution in [-0.2, 0) is 4.79 Å². The van der Waals surface area contributed by atoms with Crippen LogP contribution in [0.2, 0.25) is 0 Å². The molecular weight excluding hydrogens is 188 g/mol. The lowest BCUT2D eigenvalue weighted by Gasteiger charge is -2.30. The topological polar surface area (TPSA) is 37.3 Å². The van der Waals surface area contributed by atoms with Crippen LogP contribution in [0.25, 0.3) is 0 Å². The minimum Gasteiger partial charge on any atom is -0.481 e. The average molecular weight is 214 g/mol. The fourth-order valence-corrected chi connectivity index (χ4v) is 1.96. The van der Waals surface area contributed by atoms with Crippen LogP contribution >= 0.6 is 0 Å². The number of carboxylic acids is 1. The molecule has 0 amide bonds. The van der Waals surface area contributed by atoms with Crippen LogP contribution in [0, 0.1) is 17.3 Å². The lowest BCUT2D eigenvalue weighted by Crippen LogP contribution is -2.26. The van der Waals surface area contributed by atoms with Crippen molar-refractivity contribution in [3.63, 3.8) is 0 Å². The molecule has 2 unspecified atom stereocenters. The Morgan fingerprint density at radius 1 is 1.33 bits per heavy atom. The van der Waals surface area contributed by atoms with E-state index in [9.17, 15) is 4.79 Å². The van der Waals surface area contributed by atoms with Crippen molar-refractivity contribution < 1.29 is 9.90 Å². The summed E-state index contributed by atoms with van der Waals surface area (Å²) in [5.41, 5.74) is 0.267. The van der Waals surface area contributed by atoms with Gasteiger partial charge in [-0.05, 0) is 24.2 Å². The van der Waals surface area contributed by atoms with E-state index in [4.69, 9.17) is 5.11 Å². The van der Waals surface area contributed by atoms with E-state index >= 15 is 0 Å². The molecule has 0 bridgehead atoms. The molecule has 1 N–H and O–H groups in total.